The maximum Gasteiger partial charge on any atom is 0.416 e. The van der Waals surface area contributed by atoms with E-state index in [2.05, 4.69) is 10.3 Å². The minimum absolute atomic E-state index is 0.148. The molecule has 0 aliphatic heterocycles. The predicted octanol–water partition coefficient (Wildman–Crippen LogP) is 5.64. The van der Waals surface area contributed by atoms with Gasteiger partial charge in [0.15, 0.2) is 22.5 Å². The molecule has 0 unspecified atom stereocenters. The maximum absolute atomic E-state index is 14.3. The first-order valence-corrected chi connectivity index (χ1v) is 9.03. The van der Waals surface area contributed by atoms with Gasteiger partial charge < -0.3 is 10.1 Å². The Morgan fingerprint density at radius 2 is 1.76 bits per heavy atom. The molecule has 0 aliphatic rings. The molecular formula is C19H13F5N2O2S. The van der Waals surface area contributed by atoms with Gasteiger partial charge in [-0.3, -0.25) is 4.79 Å². The molecule has 0 atom stereocenters. The largest absolute Gasteiger partial charge is 0.483 e. The van der Waals surface area contributed by atoms with Crippen LogP contribution in [0.4, 0.5) is 27.1 Å². The second-order valence-corrected chi connectivity index (χ2v) is 6.83. The molecule has 4 nitrogen and oxygen atoms in total. The molecule has 0 aliphatic carbocycles. The molecule has 0 bridgehead atoms. The molecule has 1 amide bonds. The number of carbonyl (C=O) groups excluding carboxylic acids is 1. The van der Waals surface area contributed by atoms with Crippen LogP contribution in [-0.4, -0.2) is 10.9 Å². The van der Waals surface area contributed by atoms with Gasteiger partial charge >= 0.3 is 6.18 Å². The fourth-order valence-corrected chi connectivity index (χ4v) is 3.17. The summed E-state index contributed by atoms with van der Waals surface area (Å²) in [5.74, 6) is -2.94. The van der Waals surface area contributed by atoms with Gasteiger partial charge in [0.1, 0.15) is 6.61 Å². The number of hydrogen-bond acceptors (Lipinski definition) is 4. The molecule has 152 valence electrons. The molecule has 1 aromatic heterocycles. The van der Waals surface area contributed by atoms with E-state index in [1.54, 1.807) is 0 Å². The summed E-state index contributed by atoms with van der Waals surface area (Å²) in [5.41, 5.74) is -0.0919. The Bertz CT molecular complexity index is 1010. The number of carbonyl (C=O) groups is 1. The van der Waals surface area contributed by atoms with Gasteiger partial charge in [-0.05, 0) is 29.8 Å². The van der Waals surface area contributed by atoms with Gasteiger partial charge in [-0.1, -0.05) is 12.1 Å². The highest BCUT2D eigenvalue weighted by Crippen LogP contribution is 2.32. The lowest BCUT2D eigenvalue weighted by Gasteiger charge is -2.11. The number of rotatable bonds is 5. The molecule has 1 N–H and O–H groups in total. The number of amides is 1. The Labute approximate surface area is 166 Å². The summed E-state index contributed by atoms with van der Waals surface area (Å²) in [6, 6.07) is 6.13. The second-order valence-electron chi connectivity index (χ2n) is 5.97. The van der Waals surface area contributed by atoms with E-state index in [9.17, 15) is 26.7 Å². The normalized spacial score (nSPS) is 11.4. The zero-order valence-corrected chi connectivity index (χ0v) is 15.6. The molecule has 2 aromatic carbocycles. The van der Waals surface area contributed by atoms with E-state index >= 15 is 0 Å². The Morgan fingerprint density at radius 3 is 2.31 bits per heavy atom. The van der Waals surface area contributed by atoms with E-state index in [1.165, 1.54) is 24.4 Å². The summed E-state index contributed by atoms with van der Waals surface area (Å²) in [6.45, 7) is 0.998. The third-order valence-corrected chi connectivity index (χ3v) is 4.50. The summed E-state index contributed by atoms with van der Waals surface area (Å²) in [5, 5.41) is 4.29. The summed E-state index contributed by atoms with van der Waals surface area (Å²) in [4.78, 5) is 15.1. The van der Waals surface area contributed by atoms with Gasteiger partial charge in [0, 0.05) is 17.9 Å². The van der Waals surface area contributed by atoms with Crippen LogP contribution in [0.1, 0.15) is 18.1 Å². The fraction of sp³-hybridized carbons (Fsp3) is 0.158. The quantitative estimate of drug-likeness (QED) is 0.535. The van der Waals surface area contributed by atoms with Crippen molar-refractivity contribution in [3.8, 4) is 17.0 Å². The van der Waals surface area contributed by atoms with Crippen LogP contribution >= 0.6 is 11.3 Å². The number of halogens is 5. The van der Waals surface area contributed by atoms with Crippen molar-refractivity contribution in [3.63, 3.8) is 0 Å². The predicted molar refractivity (Wildman–Crippen MR) is 97.5 cm³/mol. The van der Waals surface area contributed by atoms with Gasteiger partial charge in [0.05, 0.1) is 11.3 Å². The minimum atomic E-state index is -4.47. The summed E-state index contributed by atoms with van der Waals surface area (Å²) < 4.78 is 71.5. The Morgan fingerprint density at radius 1 is 1.14 bits per heavy atom. The highest BCUT2D eigenvalue weighted by molar-refractivity contribution is 7.14. The van der Waals surface area contributed by atoms with Crippen LogP contribution in [0, 0.1) is 11.6 Å². The molecule has 3 aromatic rings. The van der Waals surface area contributed by atoms with Gasteiger partial charge in [0.2, 0.25) is 5.91 Å². The van der Waals surface area contributed by atoms with Crippen molar-refractivity contribution in [1.29, 1.82) is 0 Å². The minimum Gasteiger partial charge on any atom is -0.483 e. The SMILES string of the molecule is CC(=O)Nc1nc(-c2cc(F)c(OCc3ccc(C(F)(F)F)cc3)c(F)c2)cs1. The van der Waals surface area contributed by atoms with E-state index in [-0.39, 0.29) is 28.9 Å². The van der Waals surface area contributed by atoms with Crippen LogP contribution in [-0.2, 0) is 17.6 Å². The third kappa shape index (κ3) is 5.08. The zero-order valence-electron chi connectivity index (χ0n) is 14.8. The van der Waals surface area contributed by atoms with Crippen molar-refractivity contribution < 1.29 is 31.5 Å². The highest BCUT2D eigenvalue weighted by atomic mass is 32.1. The van der Waals surface area contributed by atoms with Gasteiger partial charge in [0.25, 0.3) is 0 Å². The van der Waals surface area contributed by atoms with Crippen LogP contribution < -0.4 is 10.1 Å². The van der Waals surface area contributed by atoms with Crippen LogP contribution in [0.3, 0.4) is 0 Å². The number of thiazole rings is 1. The second kappa shape index (κ2) is 8.16. The molecule has 1 heterocycles. The zero-order chi connectivity index (χ0) is 21.2. The van der Waals surface area contributed by atoms with E-state index in [1.807, 2.05) is 0 Å². The molecular weight excluding hydrogens is 415 g/mol. The molecule has 3 rings (SSSR count). The molecule has 0 fully saturated rings. The number of nitrogens with zero attached hydrogens (tertiary/aromatic N) is 1. The van der Waals surface area contributed by atoms with Crippen LogP contribution in [0.5, 0.6) is 5.75 Å². The standard InChI is InChI=1S/C19H13F5N2O2S/c1-10(27)25-18-26-16(9-29-18)12-6-14(20)17(15(21)7-12)28-8-11-2-4-13(5-3-11)19(22,23)24/h2-7,9H,8H2,1H3,(H,25,26,27). The number of benzene rings is 2. The highest BCUT2D eigenvalue weighted by Gasteiger charge is 2.30. The Kier molecular flexibility index (Phi) is 5.83. The molecule has 29 heavy (non-hydrogen) atoms. The van der Waals surface area contributed by atoms with Crippen LogP contribution in [0.15, 0.2) is 41.8 Å². The van der Waals surface area contributed by atoms with E-state index in [0.717, 1.165) is 35.6 Å². The van der Waals surface area contributed by atoms with Gasteiger partial charge in [-0.2, -0.15) is 13.2 Å². The van der Waals surface area contributed by atoms with Gasteiger partial charge in [-0.15, -0.1) is 11.3 Å². The topological polar surface area (TPSA) is 51.2 Å². The molecule has 0 saturated heterocycles. The Balaban J connectivity index is 1.74. The maximum atomic E-state index is 14.3. The number of hydrogen-bond donors (Lipinski definition) is 1. The number of nitrogens with one attached hydrogen (secondary N) is 1. The van der Waals surface area contributed by atoms with Crippen molar-refractivity contribution in [3.05, 3.63) is 64.5 Å². The van der Waals surface area contributed by atoms with Crippen molar-refractivity contribution in [2.45, 2.75) is 19.7 Å². The van der Waals surface area contributed by atoms with Gasteiger partial charge in [-0.25, -0.2) is 13.8 Å². The lowest BCUT2D eigenvalue weighted by atomic mass is 10.1. The van der Waals surface area contributed by atoms with E-state index in [0.29, 0.717) is 5.56 Å². The molecule has 0 spiro atoms. The van der Waals surface area contributed by atoms with Crippen molar-refractivity contribution in [2.24, 2.45) is 0 Å². The monoisotopic (exact) mass is 428 g/mol. The summed E-state index contributed by atoms with van der Waals surface area (Å²) in [6.07, 6.45) is -4.47. The first kappa shape index (κ1) is 20.7. The third-order valence-electron chi connectivity index (χ3n) is 3.75. The van der Waals surface area contributed by atoms with E-state index < -0.39 is 29.1 Å². The lowest BCUT2D eigenvalue weighted by Crippen LogP contribution is -2.05. The van der Waals surface area contributed by atoms with Crippen molar-refractivity contribution >= 4 is 22.4 Å². The van der Waals surface area contributed by atoms with E-state index in [4.69, 9.17) is 4.74 Å². The van der Waals surface area contributed by atoms with Crippen molar-refractivity contribution in [2.75, 3.05) is 5.32 Å². The first-order valence-electron chi connectivity index (χ1n) is 8.15. The first-order chi connectivity index (χ1) is 13.6. The number of alkyl halides is 3. The number of ether oxygens (including phenoxy) is 1. The average Bonchev–Trinajstić information content (AvgIpc) is 3.08. The number of aromatic nitrogens is 1. The van der Waals surface area contributed by atoms with Crippen LogP contribution in [0.25, 0.3) is 11.3 Å². The number of anilines is 1. The lowest BCUT2D eigenvalue weighted by molar-refractivity contribution is -0.137. The fourth-order valence-electron chi connectivity index (χ4n) is 2.41. The summed E-state index contributed by atoms with van der Waals surface area (Å²) in [7, 11) is 0. The Hall–Kier alpha value is -3.01. The van der Waals surface area contributed by atoms with Crippen molar-refractivity contribution in [1.82, 2.24) is 4.98 Å². The average molecular weight is 428 g/mol. The smallest absolute Gasteiger partial charge is 0.416 e. The molecule has 10 heteroatoms. The molecule has 0 saturated carbocycles. The molecule has 0 radical (unpaired) electrons. The van der Waals surface area contributed by atoms with Crippen LogP contribution in [0.2, 0.25) is 0 Å². The summed E-state index contributed by atoms with van der Waals surface area (Å²) >= 11 is 1.10.